The van der Waals surface area contributed by atoms with E-state index >= 15 is 0 Å². The summed E-state index contributed by atoms with van der Waals surface area (Å²) in [5, 5.41) is 0. The average molecular weight is 131 g/mol. The second-order valence-electron chi connectivity index (χ2n) is 2.74. The van der Waals surface area contributed by atoms with Crippen molar-refractivity contribution in [2.75, 3.05) is 0 Å². The van der Waals surface area contributed by atoms with Gasteiger partial charge < -0.3 is 0 Å². The fraction of sp³-hybridized carbons (Fsp3) is 0.222. The van der Waals surface area contributed by atoms with Crippen LogP contribution in [0.15, 0.2) is 24.0 Å². The topological polar surface area (TPSA) is 12.9 Å². The van der Waals surface area contributed by atoms with Crippen LogP contribution in [0.1, 0.15) is 18.1 Å². The molecule has 1 aliphatic rings. The Morgan fingerprint density at radius 3 is 3.20 bits per heavy atom. The third kappa shape index (κ3) is 0.747. The third-order valence-corrected chi connectivity index (χ3v) is 1.82. The molecule has 1 aromatic rings. The average Bonchev–Trinajstić information content (AvgIpc) is 2.27. The summed E-state index contributed by atoms with van der Waals surface area (Å²) in [6.07, 6.45) is 7.08. The van der Waals surface area contributed by atoms with Gasteiger partial charge in [-0.1, -0.05) is 11.6 Å². The molecule has 1 aromatic heterocycles. The molecule has 0 radical (unpaired) electrons. The van der Waals surface area contributed by atoms with Gasteiger partial charge in [-0.3, -0.25) is 4.98 Å². The van der Waals surface area contributed by atoms with Crippen LogP contribution in [0.3, 0.4) is 0 Å². The van der Waals surface area contributed by atoms with E-state index in [0.717, 1.165) is 6.42 Å². The van der Waals surface area contributed by atoms with Gasteiger partial charge in [-0.15, -0.1) is 0 Å². The normalized spacial score (nSPS) is 14.7. The smallest absolute Gasteiger partial charge is 0.0343 e. The molecule has 1 heterocycles. The van der Waals surface area contributed by atoms with Crippen molar-refractivity contribution in [3.63, 3.8) is 0 Å². The Morgan fingerprint density at radius 1 is 1.50 bits per heavy atom. The number of hydrogen-bond acceptors (Lipinski definition) is 1. The first kappa shape index (κ1) is 5.66. The van der Waals surface area contributed by atoms with E-state index in [1.54, 1.807) is 0 Å². The van der Waals surface area contributed by atoms with Gasteiger partial charge in [0.1, 0.15) is 0 Å². The molecule has 0 unspecified atom stereocenters. The Balaban J connectivity index is 2.54. The maximum atomic E-state index is 4.05. The summed E-state index contributed by atoms with van der Waals surface area (Å²) in [5.41, 5.74) is 4.13. The Hall–Kier alpha value is -1.11. The number of fused-ring (bicyclic) bond motifs is 1. The van der Waals surface area contributed by atoms with E-state index in [1.165, 1.54) is 16.7 Å². The van der Waals surface area contributed by atoms with Crippen molar-refractivity contribution in [3.8, 4) is 0 Å². The molecule has 1 aliphatic carbocycles. The van der Waals surface area contributed by atoms with Gasteiger partial charge in [0.15, 0.2) is 0 Å². The van der Waals surface area contributed by atoms with Crippen LogP contribution in [0.2, 0.25) is 0 Å². The summed E-state index contributed by atoms with van der Waals surface area (Å²) >= 11 is 0. The standard InChI is InChI=1S/C9H9N/c1-7-4-8-2-3-10-6-9(8)5-7/h2-3,5-6H,4H2,1H3. The molecular formula is C9H9N. The zero-order valence-corrected chi connectivity index (χ0v) is 5.96. The van der Waals surface area contributed by atoms with Crippen molar-refractivity contribution < 1.29 is 0 Å². The SMILES string of the molecule is CC1=Cc2cnccc2C1. The molecule has 0 amide bonds. The van der Waals surface area contributed by atoms with Crippen molar-refractivity contribution in [3.05, 3.63) is 35.2 Å². The number of pyridine rings is 1. The molecule has 0 N–H and O–H groups in total. The first-order chi connectivity index (χ1) is 4.86. The van der Waals surface area contributed by atoms with Crippen LogP contribution >= 0.6 is 0 Å². The Labute approximate surface area is 60.4 Å². The van der Waals surface area contributed by atoms with Crippen LogP contribution in [-0.4, -0.2) is 4.98 Å². The molecule has 0 saturated heterocycles. The van der Waals surface area contributed by atoms with E-state index in [9.17, 15) is 0 Å². The van der Waals surface area contributed by atoms with Gasteiger partial charge in [-0.25, -0.2) is 0 Å². The molecule has 2 rings (SSSR count). The minimum Gasteiger partial charge on any atom is -0.264 e. The highest BCUT2D eigenvalue weighted by Gasteiger charge is 2.07. The highest BCUT2D eigenvalue weighted by molar-refractivity contribution is 5.61. The van der Waals surface area contributed by atoms with Crippen LogP contribution in [0.5, 0.6) is 0 Å². The van der Waals surface area contributed by atoms with Gasteiger partial charge in [0.25, 0.3) is 0 Å². The molecule has 1 heteroatoms. The monoisotopic (exact) mass is 131 g/mol. The van der Waals surface area contributed by atoms with Crippen LogP contribution in [0.4, 0.5) is 0 Å². The lowest BCUT2D eigenvalue weighted by Crippen LogP contribution is -1.81. The number of aromatic nitrogens is 1. The molecule has 1 nitrogen and oxygen atoms in total. The lowest BCUT2D eigenvalue weighted by Gasteiger charge is -1.93. The number of rotatable bonds is 0. The minimum absolute atomic E-state index is 1.11. The minimum atomic E-state index is 1.11. The fourth-order valence-corrected chi connectivity index (χ4v) is 1.34. The molecule has 0 bridgehead atoms. The molecule has 0 spiro atoms. The van der Waals surface area contributed by atoms with Gasteiger partial charge in [-0.05, 0) is 30.5 Å². The predicted molar refractivity (Wildman–Crippen MR) is 41.6 cm³/mol. The van der Waals surface area contributed by atoms with E-state index < -0.39 is 0 Å². The van der Waals surface area contributed by atoms with E-state index in [-0.39, 0.29) is 0 Å². The highest BCUT2D eigenvalue weighted by Crippen LogP contribution is 2.22. The predicted octanol–water partition coefficient (Wildman–Crippen LogP) is 2.04. The summed E-state index contributed by atoms with van der Waals surface area (Å²) in [5.74, 6) is 0. The van der Waals surface area contributed by atoms with E-state index in [2.05, 4.69) is 24.1 Å². The molecule has 10 heavy (non-hydrogen) atoms. The molecule has 0 saturated carbocycles. The van der Waals surface area contributed by atoms with Crippen molar-refractivity contribution in [2.45, 2.75) is 13.3 Å². The fourth-order valence-electron chi connectivity index (χ4n) is 1.34. The van der Waals surface area contributed by atoms with E-state index in [4.69, 9.17) is 0 Å². The zero-order chi connectivity index (χ0) is 6.97. The van der Waals surface area contributed by atoms with Crippen LogP contribution < -0.4 is 0 Å². The van der Waals surface area contributed by atoms with E-state index in [1.807, 2.05) is 12.4 Å². The Kier molecular flexibility index (Phi) is 1.10. The first-order valence-electron chi connectivity index (χ1n) is 3.46. The van der Waals surface area contributed by atoms with Crippen LogP contribution in [-0.2, 0) is 6.42 Å². The third-order valence-electron chi connectivity index (χ3n) is 1.82. The summed E-state index contributed by atoms with van der Waals surface area (Å²) in [7, 11) is 0. The quantitative estimate of drug-likeness (QED) is 0.525. The molecule has 0 fully saturated rings. The van der Waals surface area contributed by atoms with Crippen molar-refractivity contribution >= 4 is 6.08 Å². The van der Waals surface area contributed by atoms with Crippen LogP contribution in [0.25, 0.3) is 6.08 Å². The Bertz CT molecular complexity index is 287. The van der Waals surface area contributed by atoms with Gasteiger partial charge in [-0.2, -0.15) is 0 Å². The lowest BCUT2D eigenvalue weighted by molar-refractivity contribution is 1.17. The maximum absolute atomic E-state index is 4.05. The van der Waals surface area contributed by atoms with E-state index in [0.29, 0.717) is 0 Å². The second-order valence-corrected chi connectivity index (χ2v) is 2.74. The Morgan fingerprint density at radius 2 is 2.40 bits per heavy atom. The highest BCUT2D eigenvalue weighted by atomic mass is 14.6. The van der Waals surface area contributed by atoms with Crippen molar-refractivity contribution in [1.29, 1.82) is 0 Å². The maximum Gasteiger partial charge on any atom is 0.0343 e. The largest absolute Gasteiger partial charge is 0.264 e. The van der Waals surface area contributed by atoms with Crippen molar-refractivity contribution in [2.24, 2.45) is 0 Å². The summed E-state index contributed by atoms with van der Waals surface area (Å²) in [4.78, 5) is 4.05. The van der Waals surface area contributed by atoms with Gasteiger partial charge >= 0.3 is 0 Å². The first-order valence-corrected chi connectivity index (χ1v) is 3.46. The summed E-state index contributed by atoms with van der Waals surface area (Å²) < 4.78 is 0. The van der Waals surface area contributed by atoms with Gasteiger partial charge in [0.2, 0.25) is 0 Å². The summed E-state index contributed by atoms with van der Waals surface area (Å²) in [6.45, 7) is 2.15. The molecule has 0 aliphatic heterocycles. The number of hydrogen-bond donors (Lipinski definition) is 0. The summed E-state index contributed by atoms with van der Waals surface area (Å²) in [6, 6.07) is 2.09. The lowest BCUT2D eigenvalue weighted by atomic mass is 10.2. The number of allylic oxidation sites excluding steroid dienone is 1. The molecule has 0 aromatic carbocycles. The zero-order valence-electron chi connectivity index (χ0n) is 5.96. The van der Waals surface area contributed by atoms with Crippen molar-refractivity contribution in [1.82, 2.24) is 4.98 Å². The van der Waals surface area contributed by atoms with Gasteiger partial charge in [0, 0.05) is 12.4 Å². The molecule has 50 valence electrons. The molecular weight excluding hydrogens is 122 g/mol. The molecule has 0 atom stereocenters. The second kappa shape index (κ2) is 1.94. The van der Waals surface area contributed by atoms with Gasteiger partial charge in [0.05, 0.1) is 0 Å². The number of nitrogens with zero attached hydrogens (tertiary/aromatic N) is 1. The van der Waals surface area contributed by atoms with Crippen LogP contribution in [0, 0.1) is 0 Å².